The zero-order chi connectivity index (χ0) is 23.5. The Morgan fingerprint density at radius 1 is 1.06 bits per heavy atom. The SMILES string of the molecule is CO[C@H]1O[C@@H](c2ccc(Cl)c(Cc3ccc(/C(C)=N/OCC4CC4)cc3)c2)[C@H](O)[C@@H](O)[C@@H]1O. The van der Waals surface area contributed by atoms with Crippen LogP contribution in [-0.2, 0) is 20.7 Å². The Balaban J connectivity index is 1.46. The van der Waals surface area contributed by atoms with Gasteiger partial charge in [-0.2, -0.15) is 0 Å². The molecule has 3 N–H and O–H groups in total. The summed E-state index contributed by atoms with van der Waals surface area (Å²) in [5.74, 6) is 0.665. The second-order valence-electron chi connectivity index (χ2n) is 8.77. The van der Waals surface area contributed by atoms with Crippen LogP contribution in [0.4, 0.5) is 0 Å². The van der Waals surface area contributed by atoms with Gasteiger partial charge in [0, 0.05) is 12.1 Å². The molecule has 0 aromatic heterocycles. The third kappa shape index (κ3) is 5.74. The third-order valence-corrected chi connectivity index (χ3v) is 6.54. The van der Waals surface area contributed by atoms with Crippen molar-refractivity contribution in [1.82, 2.24) is 0 Å². The van der Waals surface area contributed by atoms with E-state index in [1.165, 1.54) is 20.0 Å². The summed E-state index contributed by atoms with van der Waals surface area (Å²) in [4.78, 5) is 5.42. The maximum absolute atomic E-state index is 10.5. The van der Waals surface area contributed by atoms with Crippen LogP contribution in [-0.4, -0.2) is 59.3 Å². The molecule has 0 spiro atoms. The standard InChI is InChI=1S/C25H30ClNO6/c1-14(27-32-13-16-3-4-16)17-7-5-15(6-8-17)11-19-12-18(9-10-20(19)26)24-22(29)21(28)23(30)25(31-2)33-24/h5-10,12,16,21-25,28-30H,3-4,11,13H2,1-2H3/b27-14+/t21-,22-,23+,24+,25+/m1/s1. The van der Waals surface area contributed by atoms with Crippen molar-refractivity contribution in [1.29, 1.82) is 0 Å². The van der Waals surface area contributed by atoms with Crippen LogP contribution in [0.3, 0.4) is 0 Å². The van der Waals surface area contributed by atoms with E-state index in [2.05, 4.69) is 5.16 Å². The van der Waals surface area contributed by atoms with Gasteiger partial charge in [-0.3, -0.25) is 0 Å². The Morgan fingerprint density at radius 2 is 1.79 bits per heavy atom. The minimum atomic E-state index is -1.39. The Hall–Kier alpha value is -2.00. The molecule has 33 heavy (non-hydrogen) atoms. The number of aliphatic hydroxyl groups is 3. The molecule has 1 saturated heterocycles. The summed E-state index contributed by atoms with van der Waals surface area (Å²) in [5, 5.41) is 35.4. The van der Waals surface area contributed by atoms with Crippen molar-refractivity contribution >= 4 is 17.3 Å². The highest BCUT2D eigenvalue weighted by molar-refractivity contribution is 6.31. The monoisotopic (exact) mass is 475 g/mol. The van der Waals surface area contributed by atoms with Gasteiger partial charge in [-0.1, -0.05) is 53.2 Å². The summed E-state index contributed by atoms with van der Waals surface area (Å²) in [6, 6.07) is 13.4. The smallest absolute Gasteiger partial charge is 0.186 e. The molecule has 5 atom stereocenters. The largest absolute Gasteiger partial charge is 0.395 e. The fraction of sp³-hybridized carbons (Fsp3) is 0.480. The summed E-state index contributed by atoms with van der Waals surface area (Å²) in [6.07, 6.45) is -2.90. The lowest BCUT2D eigenvalue weighted by molar-refractivity contribution is -0.292. The van der Waals surface area contributed by atoms with Crippen LogP contribution >= 0.6 is 11.6 Å². The minimum absolute atomic E-state index is 0.572. The number of methoxy groups -OCH3 is 1. The fourth-order valence-electron chi connectivity index (χ4n) is 3.89. The van der Waals surface area contributed by atoms with Gasteiger partial charge in [0.15, 0.2) is 6.29 Å². The normalized spacial score (nSPS) is 28.1. The van der Waals surface area contributed by atoms with E-state index in [4.69, 9.17) is 25.9 Å². The summed E-state index contributed by atoms with van der Waals surface area (Å²) in [7, 11) is 1.37. The lowest BCUT2D eigenvalue weighted by Gasteiger charge is -2.40. The van der Waals surface area contributed by atoms with E-state index in [-0.39, 0.29) is 0 Å². The first-order chi connectivity index (χ1) is 15.9. The van der Waals surface area contributed by atoms with Crippen molar-refractivity contribution in [3.8, 4) is 0 Å². The van der Waals surface area contributed by atoms with Gasteiger partial charge in [0.05, 0.1) is 5.71 Å². The van der Waals surface area contributed by atoms with E-state index < -0.39 is 30.7 Å². The van der Waals surface area contributed by atoms with Gasteiger partial charge in [-0.15, -0.1) is 0 Å². The maximum Gasteiger partial charge on any atom is 0.186 e. The molecule has 2 aliphatic rings. The Bertz CT molecular complexity index is 975. The number of aliphatic hydroxyl groups excluding tert-OH is 3. The molecule has 0 bridgehead atoms. The average molecular weight is 476 g/mol. The Kier molecular flexibility index (Phi) is 7.69. The predicted molar refractivity (Wildman–Crippen MR) is 124 cm³/mol. The number of hydrogen-bond acceptors (Lipinski definition) is 7. The molecule has 0 radical (unpaired) electrons. The maximum atomic E-state index is 10.5. The molecular formula is C25H30ClNO6. The number of hydrogen-bond donors (Lipinski definition) is 3. The highest BCUT2D eigenvalue weighted by Gasteiger charge is 2.44. The third-order valence-electron chi connectivity index (χ3n) is 6.18. The fourth-order valence-corrected chi connectivity index (χ4v) is 4.07. The molecule has 1 aliphatic heterocycles. The molecule has 0 unspecified atom stereocenters. The number of ether oxygens (including phenoxy) is 2. The van der Waals surface area contributed by atoms with Crippen molar-refractivity contribution in [2.75, 3.05) is 13.7 Å². The van der Waals surface area contributed by atoms with E-state index in [0.717, 1.165) is 22.4 Å². The molecular weight excluding hydrogens is 446 g/mol. The van der Waals surface area contributed by atoms with Crippen molar-refractivity contribution in [3.63, 3.8) is 0 Å². The van der Waals surface area contributed by atoms with Gasteiger partial charge in [0.1, 0.15) is 31.0 Å². The van der Waals surface area contributed by atoms with E-state index in [9.17, 15) is 15.3 Å². The number of benzene rings is 2. The van der Waals surface area contributed by atoms with Crippen LogP contribution in [0, 0.1) is 5.92 Å². The zero-order valence-electron chi connectivity index (χ0n) is 18.7. The molecule has 4 rings (SSSR count). The van der Waals surface area contributed by atoms with E-state index in [0.29, 0.717) is 29.5 Å². The van der Waals surface area contributed by atoms with E-state index in [1.807, 2.05) is 37.3 Å². The first-order valence-electron chi connectivity index (χ1n) is 11.1. The molecule has 2 fully saturated rings. The first-order valence-corrected chi connectivity index (χ1v) is 11.5. The topological polar surface area (TPSA) is 101 Å². The highest BCUT2D eigenvalue weighted by atomic mass is 35.5. The van der Waals surface area contributed by atoms with E-state index >= 15 is 0 Å². The van der Waals surface area contributed by atoms with Crippen molar-refractivity contribution in [3.05, 3.63) is 69.7 Å². The molecule has 2 aromatic rings. The summed E-state index contributed by atoms with van der Waals surface area (Å²) < 4.78 is 10.8. The van der Waals surface area contributed by atoms with Crippen molar-refractivity contribution in [2.24, 2.45) is 11.1 Å². The van der Waals surface area contributed by atoms with Crippen LogP contribution in [0.1, 0.15) is 48.1 Å². The quantitative estimate of drug-likeness (QED) is 0.400. The van der Waals surface area contributed by atoms with Gasteiger partial charge in [0.2, 0.25) is 0 Å². The van der Waals surface area contributed by atoms with Crippen LogP contribution in [0.15, 0.2) is 47.6 Å². The molecule has 1 saturated carbocycles. The van der Waals surface area contributed by atoms with Crippen molar-refractivity contribution < 1.29 is 29.6 Å². The van der Waals surface area contributed by atoms with Crippen LogP contribution in [0.5, 0.6) is 0 Å². The van der Waals surface area contributed by atoms with Crippen LogP contribution in [0.25, 0.3) is 0 Å². The highest BCUT2D eigenvalue weighted by Crippen LogP contribution is 2.34. The van der Waals surface area contributed by atoms with Gasteiger partial charge < -0.3 is 29.6 Å². The second-order valence-corrected chi connectivity index (χ2v) is 9.18. The van der Waals surface area contributed by atoms with Crippen LogP contribution in [0.2, 0.25) is 5.02 Å². The minimum Gasteiger partial charge on any atom is -0.395 e. The van der Waals surface area contributed by atoms with Crippen molar-refractivity contribution in [2.45, 2.75) is 56.9 Å². The average Bonchev–Trinajstić information content (AvgIpc) is 3.64. The molecule has 1 aliphatic carbocycles. The first kappa shape index (κ1) is 24.1. The molecule has 0 amide bonds. The van der Waals surface area contributed by atoms with Crippen LogP contribution < -0.4 is 0 Å². The molecule has 1 heterocycles. The van der Waals surface area contributed by atoms with E-state index in [1.54, 1.807) is 12.1 Å². The lowest BCUT2D eigenvalue weighted by atomic mass is 9.92. The second kappa shape index (κ2) is 10.5. The number of rotatable bonds is 8. The van der Waals surface area contributed by atoms with Gasteiger partial charge in [-0.25, -0.2) is 0 Å². The number of oxime groups is 1. The number of halogens is 1. The Labute approximate surface area is 198 Å². The zero-order valence-corrected chi connectivity index (χ0v) is 19.5. The number of nitrogens with zero attached hydrogens (tertiary/aromatic N) is 1. The molecule has 2 aromatic carbocycles. The predicted octanol–water partition coefficient (Wildman–Crippen LogP) is 3.21. The molecule has 8 heteroatoms. The molecule has 7 nitrogen and oxygen atoms in total. The summed E-state index contributed by atoms with van der Waals surface area (Å²) >= 11 is 6.45. The Morgan fingerprint density at radius 3 is 2.45 bits per heavy atom. The molecule has 178 valence electrons. The van der Waals surface area contributed by atoms with Gasteiger partial charge >= 0.3 is 0 Å². The summed E-state index contributed by atoms with van der Waals surface area (Å²) in [5.41, 5.74) is 4.37. The van der Waals surface area contributed by atoms with Gasteiger partial charge in [0.25, 0.3) is 0 Å². The summed E-state index contributed by atoms with van der Waals surface area (Å²) in [6.45, 7) is 2.61. The lowest BCUT2D eigenvalue weighted by Crippen LogP contribution is -2.54. The van der Waals surface area contributed by atoms with Gasteiger partial charge in [-0.05, 0) is 60.4 Å².